The van der Waals surface area contributed by atoms with Crippen LogP contribution in [0.1, 0.15) is 0 Å². The van der Waals surface area contributed by atoms with Crippen LogP contribution >= 0.6 is 11.3 Å². The van der Waals surface area contributed by atoms with E-state index < -0.39 is 0 Å². The van der Waals surface area contributed by atoms with Gasteiger partial charge >= 0.3 is 0 Å². The molecule has 4 heterocycles. The molecule has 11 aromatic rings. The SMILES string of the molecule is c1ccc(-c2nc(-c3cccc4oc5ccc(-c6ccc7c(c6)oc6ccccc67)cc5c34)nc(-c3cccc4sc5ccccc5c34)n2)cc1. The molecule has 238 valence electrons. The highest BCUT2D eigenvalue weighted by Crippen LogP contribution is 2.42. The smallest absolute Gasteiger partial charge is 0.164 e. The zero-order valence-electron chi connectivity index (χ0n) is 27.0. The topological polar surface area (TPSA) is 65.0 Å². The Hall–Kier alpha value is -6.63. The van der Waals surface area contributed by atoms with Gasteiger partial charge < -0.3 is 8.83 Å². The summed E-state index contributed by atoms with van der Waals surface area (Å²) in [5.41, 5.74) is 8.28. The molecule has 6 heteroatoms. The number of thiophene rings is 1. The summed E-state index contributed by atoms with van der Waals surface area (Å²) >= 11 is 1.79. The first-order valence-electron chi connectivity index (χ1n) is 16.8. The van der Waals surface area contributed by atoms with E-state index in [0.29, 0.717) is 17.5 Å². The van der Waals surface area contributed by atoms with Gasteiger partial charge in [-0.25, -0.2) is 15.0 Å². The van der Waals surface area contributed by atoms with Crippen molar-refractivity contribution in [3.63, 3.8) is 0 Å². The Labute approximate surface area is 295 Å². The first kappa shape index (κ1) is 28.2. The number of furan rings is 2. The van der Waals surface area contributed by atoms with Gasteiger partial charge in [-0.05, 0) is 59.7 Å². The molecule has 5 nitrogen and oxygen atoms in total. The Kier molecular flexibility index (Phi) is 6.05. The summed E-state index contributed by atoms with van der Waals surface area (Å²) in [4.78, 5) is 15.5. The summed E-state index contributed by atoms with van der Waals surface area (Å²) in [7, 11) is 0. The number of fused-ring (bicyclic) bond motifs is 9. The highest BCUT2D eigenvalue weighted by molar-refractivity contribution is 7.25. The number of benzene rings is 7. The second-order valence-electron chi connectivity index (χ2n) is 12.8. The number of para-hydroxylation sites is 1. The van der Waals surface area contributed by atoms with Crippen molar-refractivity contribution in [3.05, 3.63) is 152 Å². The zero-order chi connectivity index (χ0) is 33.5. The fourth-order valence-corrected chi connectivity index (χ4v) is 8.52. The van der Waals surface area contributed by atoms with Crippen LogP contribution in [0.3, 0.4) is 0 Å². The van der Waals surface area contributed by atoms with Crippen LogP contribution < -0.4 is 0 Å². The van der Waals surface area contributed by atoms with E-state index in [1.807, 2.05) is 66.7 Å². The molecule has 0 fully saturated rings. The van der Waals surface area contributed by atoms with Crippen LogP contribution in [0, 0.1) is 0 Å². The lowest BCUT2D eigenvalue weighted by Crippen LogP contribution is -2.00. The van der Waals surface area contributed by atoms with Crippen LogP contribution in [0.15, 0.2) is 160 Å². The Morgan fingerprint density at radius 2 is 0.961 bits per heavy atom. The molecule has 4 aromatic heterocycles. The van der Waals surface area contributed by atoms with Crippen LogP contribution in [0.4, 0.5) is 0 Å². The number of nitrogens with zero attached hydrogens (tertiary/aromatic N) is 3. The maximum Gasteiger partial charge on any atom is 0.164 e. The third-order valence-corrected chi connectivity index (χ3v) is 10.9. The summed E-state index contributed by atoms with van der Waals surface area (Å²) in [6, 6.07) is 52.1. The van der Waals surface area contributed by atoms with Gasteiger partial charge in [0.05, 0.1) is 0 Å². The highest BCUT2D eigenvalue weighted by atomic mass is 32.1. The molecule has 0 atom stereocenters. The molecule has 0 radical (unpaired) electrons. The molecule has 0 aliphatic heterocycles. The lowest BCUT2D eigenvalue weighted by atomic mass is 9.99. The molecule has 51 heavy (non-hydrogen) atoms. The van der Waals surface area contributed by atoms with Gasteiger partial charge in [-0.1, -0.05) is 103 Å². The average Bonchev–Trinajstić information content (AvgIpc) is 3.88. The van der Waals surface area contributed by atoms with Crippen molar-refractivity contribution in [2.45, 2.75) is 0 Å². The summed E-state index contributed by atoms with van der Waals surface area (Å²) in [5.74, 6) is 1.85. The van der Waals surface area contributed by atoms with E-state index >= 15 is 0 Å². The van der Waals surface area contributed by atoms with Gasteiger partial charge in [0.15, 0.2) is 17.5 Å². The molecule has 0 amide bonds. The van der Waals surface area contributed by atoms with E-state index in [1.54, 1.807) is 11.3 Å². The van der Waals surface area contributed by atoms with E-state index in [0.717, 1.165) is 77.1 Å². The molecule has 0 unspecified atom stereocenters. The molecule has 0 bridgehead atoms. The minimum atomic E-state index is 0.595. The summed E-state index contributed by atoms with van der Waals surface area (Å²) < 4.78 is 15.1. The molecule has 0 aliphatic carbocycles. The summed E-state index contributed by atoms with van der Waals surface area (Å²) in [5, 5.41) is 6.55. The first-order valence-corrected chi connectivity index (χ1v) is 17.7. The maximum atomic E-state index is 6.45. The van der Waals surface area contributed by atoms with Crippen molar-refractivity contribution >= 4 is 75.4 Å². The molecule has 0 saturated heterocycles. The van der Waals surface area contributed by atoms with Gasteiger partial charge in [-0.2, -0.15) is 0 Å². The number of rotatable bonds is 4. The van der Waals surface area contributed by atoms with Gasteiger partial charge in [-0.3, -0.25) is 0 Å². The molecular formula is C45H25N3O2S. The summed E-state index contributed by atoms with van der Waals surface area (Å²) in [6.45, 7) is 0. The average molecular weight is 672 g/mol. The van der Waals surface area contributed by atoms with Gasteiger partial charge in [-0.15, -0.1) is 11.3 Å². The van der Waals surface area contributed by atoms with Gasteiger partial charge in [0.25, 0.3) is 0 Å². The van der Waals surface area contributed by atoms with Crippen LogP contribution in [0.25, 0.3) is 109 Å². The van der Waals surface area contributed by atoms with E-state index in [4.69, 9.17) is 23.8 Å². The maximum absolute atomic E-state index is 6.45. The lowest BCUT2D eigenvalue weighted by molar-refractivity contribution is 0.669. The lowest BCUT2D eigenvalue weighted by Gasteiger charge is -2.10. The standard InChI is InChI=1S/C45H25N3O2S/c1-2-10-26(11-3-1)43-46-44(48-45(47-43)33-15-9-19-40-42(33)31-13-5-7-18-39(31)51-40)32-14-8-17-37-41(32)34-24-27(21-23-36(34)49-37)28-20-22-30-29-12-4-6-16-35(29)50-38(30)25-28/h1-25H. The van der Waals surface area contributed by atoms with Crippen LogP contribution in [0.2, 0.25) is 0 Å². The van der Waals surface area contributed by atoms with E-state index in [2.05, 4.69) is 84.9 Å². The molecule has 11 rings (SSSR count). The fraction of sp³-hybridized carbons (Fsp3) is 0. The third-order valence-electron chi connectivity index (χ3n) is 9.76. The summed E-state index contributed by atoms with van der Waals surface area (Å²) in [6.07, 6.45) is 0. The Bertz CT molecular complexity index is 3160. The number of hydrogen-bond donors (Lipinski definition) is 0. The third kappa shape index (κ3) is 4.43. The molecule has 7 aromatic carbocycles. The fourth-order valence-electron chi connectivity index (χ4n) is 7.39. The van der Waals surface area contributed by atoms with E-state index in [1.165, 1.54) is 14.8 Å². The van der Waals surface area contributed by atoms with Gasteiger partial charge in [0.2, 0.25) is 0 Å². The van der Waals surface area contributed by atoms with Gasteiger partial charge in [0, 0.05) is 58.4 Å². The van der Waals surface area contributed by atoms with Crippen molar-refractivity contribution in [2.75, 3.05) is 0 Å². The van der Waals surface area contributed by atoms with E-state index in [-0.39, 0.29) is 0 Å². The van der Waals surface area contributed by atoms with Crippen molar-refractivity contribution in [2.24, 2.45) is 0 Å². The Balaban J connectivity index is 1.13. The molecular weight excluding hydrogens is 647 g/mol. The van der Waals surface area contributed by atoms with Crippen molar-refractivity contribution in [1.29, 1.82) is 0 Å². The van der Waals surface area contributed by atoms with Crippen molar-refractivity contribution < 1.29 is 8.83 Å². The number of aromatic nitrogens is 3. The van der Waals surface area contributed by atoms with Crippen LogP contribution in [-0.4, -0.2) is 15.0 Å². The van der Waals surface area contributed by atoms with E-state index in [9.17, 15) is 0 Å². The Morgan fingerprint density at radius 3 is 1.84 bits per heavy atom. The van der Waals surface area contributed by atoms with Crippen molar-refractivity contribution in [1.82, 2.24) is 15.0 Å². The Morgan fingerprint density at radius 1 is 0.353 bits per heavy atom. The monoisotopic (exact) mass is 671 g/mol. The molecule has 0 aliphatic rings. The molecule has 0 spiro atoms. The normalized spacial score (nSPS) is 11.9. The minimum Gasteiger partial charge on any atom is -0.456 e. The second-order valence-corrected chi connectivity index (χ2v) is 13.8. The number of hydrogen-bond acceptors (Lipinski definition) is 6. The zero-order valence-corrected chi connectivity index (χ0v) is 27.8. The minimum absolute atomic E-state index is 0.595. The van der Waals surface area contributed by atoms with Crippen LogP contribution in [0.5, 0.6) is 0 Å². The predicted octanol–water partition coefficient (Wildman–Crippen LogP) is 12.7. The van der Waals surface area contributed by atoms with Crippen LogP contribution in [-0.2, 0) is 0 Å². The second kappa shape index (κ2) is 10.9. The highest BCUT2D eigenvalue weighted by Gasteiger charge is 2.20. The first-order chi connectivity index (χ1) is 25.2. The van der Waals surface area contributed by atoms with Crippen molar-refractivity contribution in [3.8, 4) is 45.3 Å². The molecule has 0 saturated carbocycles. The largest absolute Gasteiger partial charge is 0.456 e. The van der Waals surface area contributed by atoms with Gasteiger partial charge in [0.1, 0.15) is 22.3 Å². The quantitative estimate of drug-likeness (QED) is 0.186. The molecule has 0 N–H and O–H groups in total. The predicted molar refractivity (Wildman–Crippen MR) is 209 cm³/mol.